The van der Waals surface area contributed by atoms with Crippen molar-refractivity contribution < 1.29 is 29.4 Å². The molecule has 0 heterocycles. The van der Waals surface area contributed by atoms with E-state index >= 15 is 0 Å². The van der Waals surface area contributed by atoms with Gasteiger partial charge in [0.1, 0.15) is 4.32 Å². The van der Waals surface area contributed by atoms with Gasteiger partial charge in [-0.2, -0.15) is 0 Å². The topological polar surface area (TPSA) is 147 Å². The predicted molar refractivity (Wildman–Crippen MR) is 74.4 cm³/mol. The number of rotatable bonds is 5. The van der Waals surface area contributed by atoms with Crippen LogP contribution in [0.3, 0.4) is 0 Å². The zero-order valence-corrected chi connectivity index (χ0v) is 12.6. The first kappa shape index (κ1) is 20.4. The Kier molecular flexibility index (Phi) is 10.2. The maximum atomic E-state index is 11.3. The van der Waals surface area contributed by atoms with Gasteiger partial charge in [0.25, 0.3) is 0 Å². The van der Waals surface area contributed by atoms with E-state index in [1.54, 1.807) is 0 Å². The SMILES string of the molecule is CCC(Br)(CC)C(=O)NC(N)=O.O=C(O)/C=C\C(=O)O. The maximum Gasteiger partial charge on any atom is 0.328 e. The van der Waals surface area contributed by atoms with E-state index in [2.05, 4.69) is 15.9 Å². The quantitative estimate of drug-likeness (QED) is 0.425. The van der Waals surface area contributed by atoms with Gasteiger partial charge in [-0.25, -0.2) is 14.4 Å². The lowest BCUT2D eigenvalue weighted by Gasteiger charge is -2.21. The predicted octanol–water partition coefficient (Wildman–Crippen LogP) is 0.847. The van der Waals surface area contributed by atoms with Crippen molar-refractivity contribution in [2.75, 3.05) is 0 Å². The van der Waals surface area contributed by atoms with Crippen LogP contribution in [-0.4, -0.2) is 38.4 Å². The molecule has 0 saturated heterocycles. The third-order valence-corrected chi connectivity index (χ3v) is 3.61. The van der Waals surface area contributed by atoms with Gasteiger partial charge in [-0.05, 0) is 12.8 Å². The fourth-order valence-electron chi connectivity index (χ4n) is 0.938. The number of amides is 3. The van der Waals surface area contributed by atoms with Crippen molar-refractivity contribution in [2.24, 2.45) is 5.73 Å². The standard InChI is InChI=1S/C7H13BrN2O2.C4H4O4/c1-3-7(8,4-2)5(11)10-6(9)12;5-3(6)1-2-4(7)8/h3-4H2,1-2H3,(H3,9,10,11,12);1-2H,(H,5,6)(H,7,8)/b;2-1-. The normalized spacial score (nSPS) is 10.3. The second kappa shape index (κ2) is 9.96. The highest BCUT2D eigenvalue weighted by atomic mass is 79.9. The molecular formula is C11H17BrN2O6. The summed E-state index contributed by atoms with van der Waals surface area (Å²) in [6.45, 7) is 3.72. The molecule has 5 N–H and O–H groups in total. The summed E-state index contributed by atoms with van der Waals surface area (Å²) in [5, 5.41) is 17.7. The Morgan fingerprint density at radius 1 is 1.10 bits per heavy atom. The van der Waals surface area contributed by atoms with Crippen LogP contribution >= 0.6 is 15.9 Å². The third-order valence-electron chi connectivity index (χ3n) is 2.13. The number of primary amides is 1. The summed E-state index contributed by atoms with van der Waals surface area (Å²) < 4.78 is -0.665. The summed E-state index contributed by atoms with van der Waals surface area (Å²) in [5.41, 5.74) is 4.81. The van der Waals surface area contributed by atoms with E-state index < -0.39 is 22.3 Å². The fraction of sp³-hybridized carbons (Fsp3) is 0.455. The van der Waals surface area contributed by atoms with Gasteiger partial charge < -0.3 is 15.9 Å². The molecule has 0 bridgehead atoms. The van der Waals surface area contributed by atoms with E-state index in [4.69, 9.17) is 15.9 Å². The van der Waals surface area contributed by atoms with Crippen LogP contribution < -0.4 is 11.1 Å². The van der Waals surface area contributed by atoms with Gasteiger partial charge in [0.05, 0.1) is 0 Å². The lowest BCUT2D eigenvalue weighted by Crippen LogP contribution is -2.46. The summed E-state index contributed by atoms with van der Waals surface area (Å²) in [5.74, 6) is -2.89. The first-order valence-corrected chi connectivity index (χ1v) is 6.32. The molecular weight excluding hydrogens is 336 g/mol. The molecule has 0 saturated carbocycles. The zero-order chi connectivity index (χ0) is 16.3. The Hall–Kier alpha value is -1.90. The van der Waals surface area contributed by atoms with Crippen LogP contribution in [0, 0.1) is 0 Å². The summed E-state index contributed by atoms with van der Waals surface area (Å²) >= 11 is 3.26. The van der Waals surface area contributed by atoms with E-state index in [-0.39, 0.29) is 5.91 Å². The van der Waals surface area contributed by atoms with Gasteiger partial charge in [-0.15, -0.1) is 0 Å². The van der Waals surface area contributed by atoms with Crippen LogP contribution in [0.1, 0.15) is 26.7 Å². The molecule has 0 fully saturated rings. The van der Waals surface area contributed by atoms with E-state index in [1.165, 1.54) is 0 Å². The number of aliphatic carboxylic acids is 2. The molecule has 0 spiro atoms. The fourth-order valence-corrected chi connectivity index (χ4v) is 1.04. The highest BCUT2D eigenvalue weighted by Crippen LogP contribution is 2.26. The molecule has 0 aliphatic heterocycles. The summed E-state index contributed by atoms with van der Waals surface area (Å²) in [7, 11) is 0. The molecule has 0 atom stereocenters. The van der Waals surface area contributed by atoms with Gasteiger partial charge in [0.15, 0.2) is 0 Å². The number of alkyl halides is 1. The molecule has 0 aromatic carbocycles. The molecule has 0 aromatic rings. The van der Waals surface area contributed by atoms with Gasteiger partial charge in [0.2, 0.25) is 5.91 Å². The number of hydrogen-bond acceptors (Lipinski definition) is 4. The van der Waals surface area contributed by atoms with Crippen LogP contribution in [0.2, 0.25) is 0 Å². The van der Waals surface area contributed by atoms with Gasteiger partial charge >= 0.3 is 18.0 Å². The number of carbonyl (C=O) groups is 4. The molecule has 20 heavy (non-hydrogen) atoms. The molecule has 8 nitrogen and oxygen atoms in total. The Labute approximate surface area is 124 Å². The van der Waals surface area contributed by atoms with Gasteiger partial charge in [0, 0.05) is 12.2 Å². The third kappa shape index (κ3) is 10.1. The van der Waals surface area contributed by atoms with Crippen LogP contribution in [0.4, 0.5) is 4.79 Å². The molecule has 9 heteroatoms. The van der Waals surface area contributed by atoms with Crippen LogP contribution in [-0.2, 0) is 14.4 Å². The van der Waals surface area contributed by atoms with E-state index in [0.29, 0.717) is 25.0 Å². The van der Waals surface area contributed by atoms with Gasteiger partial charge in [-0.3, -0.25) is 10.1 Å². The van der Waals surface area contributed by atoms with Crippen LogP contribution in [0.5, 0.6) is 0 Å². The van der Waals surface area contributed by atoms with Crippen molar-refractivity contribution in [2.45, 2.75) is 31.0 Å². The van der Waals surface area contributed by atoms with E-state index in [1.807, 2.05) is 19.2 Å². The number of carboxylic acids is 2. The number of carbonyl (C=O) groups excluding carboxylic acids is 2. The first-order chi connectivity index (χ1) is 9.08. The Morgan fingerprint density at radius 3 is 1.65 bits per heavy atom. The van der Waals surface area contributed by atoms with Crippen molar-refractivity contribution in [3.63, 3.8) is 0 Å². The zero-order valence-electron chi connectivity index (χ0n) is 11.1. The molecule has 3 amide bonds. The maximum absolute atomic E-state index is 11.3. The number of nitrogens with two attached hydrogens (primary N) is 1. The van der Waals surface area contributed by atoms with Crippen molar-refractivity contribution >= 4 is 39.8 Å². The van der Waals surface area contributed by atoms with Crippen molar-refractivity contribution in [1.82, 2.24) is 5.32 Å². The lowest BCUT2D eigenvalue weighted by molar-refractivity contribution is -0.134. The monoisotopic (exact) mass is 352 g/mol. The minimum absolute atomic E-state index is 0.375. The Bertz CT molecular complexity index is 388. The van der Waals surface area contributed by atoms with Gasteiger partial charge in [-0.1, -0.05) is 29.8 Å². The molecule has 0 aliphatic rings. The van der Waals surface area contributed by atoms with Crippen LogP contribution in [0.25, 0.3) is 0 Å². The van der Waals surface area contributed by atoms with Crippen molar-refractivity contribution in [3.05, 3.63) is 12.2 Å². The average Bonchev–Trinajstić information content (AvgIpc) is 2.35. The number of carboxylic acid groups (broad SMARTS) is 2. The average molecular weight is 353 g/mol. The number of halogens is 1. The molecule has 0 unspecified atom stereocenters. The lowest BCUT2D eigenvalue weighted by atomic mass is 10.0. The minimum atomic E-state index is -1.26. The van der Waals surface area contributed by atoms with E-state index in [9.17, 15) is 19.2 Å². The van der Waals surface area contributed by atoms with Crippen molar-refractivity contribution in [1.29, 1.82) is 0 Å². The van der Waals surface area contributed by atoms with E-state index in [0.717, 1.165) is 0 Å². The highest BCUT2D eigenvalue weighted by Gasteiger charge is 2.32. The summed E-state index contributed by atoms with van der Waals surface area (Å²) in [6.07, 6.45) is 2.34. The largest absolute Gasteiger partial charge is 0.478 e. The number of hydrogen-bond donors (Lipinski definition) is 4. The molecule has 0 rings (SSSR count). The molecule has 114 valence electrons. The molecule has 0 radical (unpaired) electrons. The molecule has 0 aromatic heterocycles. The summed E-state index contributed by atoms with van der Waals surface area (Å²) in [6, 6.07) is -0.814. The highest BCUT2D eigenvalue weighted by molar-refractivity contribution is 9.10. The smallest absolute Gasteiger partial charge is 0.328 e. The van der Waals surface area contributed by atoms with Crippen molar-refractivity contribution in [3.8, 4) is 0 Å². The second-order valence-electron chi connectivity index (χ2n) is 3.50. The Morgan fingerprint density at radius 2 is 1.45 bits per heavy atom. The second-order valence-corrected chi connectivity index (χ2v) is 5.02. The molecule has 0 aliphatic carbocycles. The number of urea groups is 1. The number of imide groups is 1. The first-order valence-electron chi connectivity index (χ1n) is 5.52. The summed E-state index contributed by atoms with van der Waals surface area (Å²) in [4.78, 5) is 40.7. The minimum Gasteiger partial charge on any atom is -0.478 e. The Balaban J connectivity index is 0. The van der Waals surface area contributed by atoms with Crippen LogP contribution in [0.15, 0.2) is 12.2 Å². The number of nitrogens with one attached hydrogen (secondary N) is 1.